The first kappa shape index (κ1) is 19.3. The summed E-state index contributed by atoms with van der Waals surface area (Å²) in [6, 6.07) is 14.9. The van der Waals surface area contributed by atoms with Gasteiger partial charge in [0.05, 0.1) is 21.8 Å². The molecule has 0 saturated carbocycles. The van der Waals surface area contributed by atoms with Crippen molar-refractivity contribution in [2.45, 2.75) is 38.3 Å². The highest BCUT2D eigenvalue weighted by molar-refractivity contribution is 7.89. The summed E-state index contributed by atoms with van der Waals surface area (Å²) in [6.45, 7) is 6.10. The third-order valence-electron chi connectivity index (χ3n) is 4.67. The summed E-state index contributed by atoms with van der Waals surface area (Å²) in [7, 11) is -3.71. The predicted molar refractivity (Wildman–Crippen MR) is 106 cm³/mol. The van der Waals surface area contributed by atoms with Crippen LogP contribution in [0.5, 0.6) is 0 Å². The van der Waals surface area contributed by atoms with Gasteiger partial charge in [-0.05, 0) is 38.1 Å². The van der Waals surface area contributed by atoms with E-state index in [1.165, 1.54) is 4.31 Å². The molecule has 142 valence electrons. The van der Waals surface area contributed by atoms with Gasteiger partial charge in [0.25, 0.3) is 5.56 Å². The lowest BCUT2D eigenvalue weighted by Gasteiger charge is -2.28. The number of aromatic nitrogens is 2. The zero-order valence-electron chi connectivity index (χ0n) is 15.7. The van der Waals surface area contributed by atoms with Crippen molar-refractivity contribution in [1.29, 1.82) is 0 Å². The Balaban J connectivity index is 2.16. The molecule has 1 heterocycles. The Bertz CT molecular complexity index is 1110. The van der Waals surface area contributed by atoms with Crippen LogP contribution in [0.4, 0.5) is 0 Å². The highest BCUT2D eigenvalue weighted by atomic mass is 32.2. The minimum atomic E-state index is -3.71. The van der Waals surface area contributed by atoms with Gasteiger partial charge >= 0.3 is 0 Å². The second kappa shape index (κ2) is 7.62. The first-order valence-corrected chi connectivity index (χ1v) is 10.4. The van der Waals surface area contributed by atoms with Crippen molar-refractivity contribution in [3.63, 3.8) is 0 Å². The lowest BCUT2D eigenvalue weighted by molar-refractivity contribution is 0.334. The molecule has 27 heavy (non-hydrogen) atoms. The quantitative estimate of drug-likeness (QED) is 0.653. The molecular formula is C20H23N3O3S. The maximum absolute atomic E-state index is 13.1. The molecule has 1 atom stereocenters. The molecular weight excluding hydrogens is 362 g/mol. The van der Waals surface area contributed by atoms with Crippen LogP contribution in [0.25, 0.3) is 10.9 Å². The molecule has 1 aromatic heterocycles. The summed E-state index contributed by atoms with van der Waals surface area (Å²) in [5.74, 6) is 0.447. The maximum Gasteiger partial charge on any atom is 0.261 e. The second-order valence-corrected chi connectivity index (χ2v) is 8.12. The number of hydrogen-bond donors (Lipinski definition) is 0. The van der Waals surface area contributed by atoms with Gasteiger partial charge in [-0.2, -0.15) is 4.31 Å². The first-order chi connectivity index (χ1) is 12.9. The van der Waals surface area contributed by atoms with Crippen LogP contribution in [0.2, 0.25) is 0 Å². The maximum atomic E-state index is 13.1. The molecule has 6 nitrogen and oxygen atoms in total. The molecule has 1 unspecified atom stereocenters. The van der Waals surface area contributed by atoms with E-state index in [0.717, 1.165) is 0 Å². The van der Waals surface area contributed by atoms with E-state index in [-0.39, 0.29) is 17.0 Å². The zero-order chi connectivity index (χ0) is 19.6. The Morgan fingerprint density at radius 1 is 1.04 bits per heavy atom. The fraction of sp³-hybridized carbons (Fsp3) is 0.300. The number of nitrogens with zero attached hydrogens (tertiary/aromatic N) is 3. The van der Waals surface area contributed by atoms with Gasteiger partial charge < -0.3 is 0 Å². The zero-order valence-corrected chi connectivity index (χ0v) is 16.5. The Morgan fingerprint density at radius 2 is 1.67 bits per heavy atom. The number of sulfonamides is 1. The lowest BCUT2D eigenvalue weighted by Crippen LogP contribution is -2.37. The third-order valence-corrected chi connectivity index (χ3v) is 6.73. The summed E-state index contributed by atoms with van der Waals surface area (Å²) in [5.41, 5.74) is 0.417. The lowest BCUT2D eigenvalue weighted by atomic mass is 10.2. The van der Waals surface area contributed by atoms with Gasteiger partial charge in [-0.25, -0.2) is 13.4 Å². The molecule has 0 radical (unpaired) electrons. The summed E-state index contributed by atoms with van der Waals surface area (Å²) >= 11 is 0. The van der Waals surface area contributed by atoms with Crippen LogP contribution in [0.15, 0.2) is 64.3 Å². The SMILES string of the molecule is CCN(C(C)c1nc2ccccc2c(=O)n1CC)S(=O)(=O)c1ccccc1. The molecule has 0 aliphatic heterocycles. The van der Waals surface area contributed by atoms with Crippen molar-refractivity contribution >= 4 is 20.9 Å². The molecule has 0 spiro atoms. The molecule has 0 aliphatic carbocycles. The standard InChI is InChI=1S/C20H23N3O3S/c1-4-22-19(21-18-14-10-9-13-17(18)20(22)24)15(3)23(5-2)27(25,26)16-11-7-6-8-12-16/h6-15H,4-5H2,1-3H3. The summed E-state index contributed by atoms with van der Waals surface area (Å²) < 4.78 is 29.2. The molecule has 0 bridgehead atoms. The Labute approximate surface area is 159 Å². The Morgan fingerprint density at radius 3 is 2.30 bits per heavy atom. The van der Waals surface area contributed by atoms with E-state index >= 15 is 0 Å². The van der Waals surface area contributed by atoms with Gasteiger partial charge in [-0.15, -0.1) is 0 Å². The number of benzene rings is 2. The Kier molecular flexibility index (Phi) is 5.43. The third kappa shape index (κ3) is 3.40. The van der Waals surface area contributed by atoms with Gasteiger partial charge in [-0.3, -0.25) is 9.36 Å². The molecule has 3 aromatic rings. The minimum Gasteiger partial charge on any atom is -0.295 e. The number of para-hydroxylation sites is 1. The number of fused-ring (bicyclic) bond motifs is 1. The molecule has 7 heteroatoms. The average molecular weight is 385 g/mol. The van der Waals surface area contributed by atoms with Gasteiger partial charge in [0.2, 0.25) is 10.0 Å². The van der Waals surface area contributed by atoms with Gasteiger partial charge in [-0.1, -0.05) is 37.3 Å². The average Bonchev–Trinajstić information content (AvgIpc) is 2.69. The van der Waals surface area contributed by atoms with E-state index in [1.54, 1.807) is 66.9 Å². The van der Waals surface area contributed by atoms with Gasteiger partial charge in [0, 0.05) is 13.1 Å². The van der Waals surface area contributed by atoms with Crippen molar-refractivity contribution < 1.29 is 8.42 Å². The highest BCUT2D eigenvalue weighted by Crippen LogP contribution is 2.26. The van der Waals surface area contributed by atoms with E-state index in [9.17, 15) is 13.2 Å². The molecule has 0 N–H and O–H groups in total. The van der Waals surface area contributed by atoms with Crippen molar-refractivity contribution in [2.75, 3.05) is 6.54 Å². The molecule has 3 rings (SSSR count). The molecule has 0 fully saturated rings. The summed E-state index contributed by atoms with van der Waals surface area (Å²) in [5, 5.41) is 0.532. The highest BCUT2D eigenvalue weighted by Gasteiger charge is 2.31. The van der Waals surface area contributed by atoms with E-state index in [1.807, 2.05) is 13.0 Å². The van der Waals surface area contributed by atoms with Crippen LogP contribution >= 0.6 is 0 Å². The summed E-state index contributed by atoms with van der Waals surface area (Å²) in [6.07, 6.45) is 0. The summed E-state index contributed by atoms with van der Waals surface area (Å²) in [4.78, 5) is 17.7. The minimum absolute atomic E-state index is 0.155. The smallest absolute Gasteiger partial charge is 0.261 e. The molecule has 0 saturated heterocycles. The van der Waals surface area contributed by atoms with Crippen LogP contribution < -0.4 is 5.56 Å². The first-order valence-electron chi connectivity index (χ1n) is 8.98. The number of rotatable bonds is 6. The molecule has 0 aliphatic rings. The van der Waals surface area contributed by atoms with Crippen LogP contribution in [0.3, 0.4) is 0 Å². The van der Waals surface area contributed by atoms with Gasteiger partial charge in [0.1, 0.15) is 5.82 Å². The topological polar surface area (TPSA) is 72.3 Å². The van der Waals surface area contributed by atoms with E-state index in [2.05, 4.69) is 4.98 Å². The second-order valence-electron chi connectivity index (χ2n) is 6.23. The van der Waals surface area contributed by atoms with Crippen LogP contribution in [-0.4, -0.2) is 28.8 Å². The van der Waals surface area contributed by atoms with Gasteiger partial charge in [0.15, 0.2) is 0 Å². The fourth-order valence-corrected chi connectivity index (χ4v) is 4.94. The van der Waals surface area contributed by atoms with Crippen LogP contribution in [0, 0.1) is 0 Å². The van der Waals surface area contributed by atoms with Crippen molar-refractivity contribution in [3.8, 4) is 0 Å². The molecule has 2 aromatic carbocycles. The van der Waals surface area contributed by atoms with Crippen LogP contribution in [-0.2, 0) is 16.6 Å². The van der Waals surface area contributed by atoms with E-state index < -0.39 is 16.1 Å². The normalized spacial score (nSPS) is 13.2. The molecule has 0 amide bonds. The number of hydrogen-bond acceptors (Lipinski definition) is 4. The predicted octanol–water partition coefficient (Wildman–Crippen LogP) is 3.19. The Hall–Kier alpha value is -2.51. The van der Waals surface area contributed by atoms with E-state index in [4.69, 9.17) is 0 Å². The van der Waals surface area contributed by atoms with Crippen molar-refractivity contribution in [3.05, 3.63) is 70.8 Å². The monoisotopic (exact) mass is 385 g/mol. The fourth-order valence-electron chi connectivity index (χ4n) is 3.32. The van der Waals surface area contributed by atoms with E-state index in [0.29, 0.717) is 23.3 Å². The van der Waals surface area contributed by atoms with Crippen LogP contribution in [0.1, 0.15) is 32.6 Å². The van der Waals surface area contributed by atoms with Crippen molar-refractivity contribution in [1.82, 2.24) is 13.9 Å². The largest absolute Gasteiger partial charge is 0.295 e. The van der Waals surface area contributed by atoms with Crippen molar-refractivity contribution in [2.24, 2.45) is 0 Å².